The molecule has 23 heavy (non-hydrogen) atoms. The molecular formula is C15H27IN4O2S. The first kappa shape index (κ1) is 22.1. The molecule has 0 saturated heterocycles. The van der Waals surface area contributed by atoms with Gasteiger partial charge in [-0.05, 0) is 26.3 Å². The molecule has 0 amide bonds. The van der Waals surface area contributed by atoms with Crippen molar-refractivity contribution in [2.75, 3.05) is 19.8 Å². The molecule has 0 aliphatic heterocycles. The third kappa shape index (κ3) is 9.77. The minimum absolute atomic E-state index is 0. The number of hydrogen-bond donors (Lipinski definition) is 3. The molecule has 0 bridgehead atoms. The molecule has 1 aromatic rings. The van der Waals surface area contributed by atoms with E-state index >= 15 is 0 Å². The maximum atomic E-state index is 11.3. The van der Waals surface area contributed by atoms with Gasteiger partial charge in [0.25, 0.3) is 0 Å². The van der Waals surface area contributed by atoms with Gasteiger partial charge in [0.1, 0.15) is 0 Å². The molecule has 0 aromatic heterocycles. The second-order valence-electron chi connectivity index (χ2n) is 6.02. The van der Waals surface area contributed by atoms with Gasteiger partial charge in [0, 0.05) is 25.7 Å². The Labute approximate surface area is 156 Å². The first-order valence-corrected chi connectivity index (χ1v) is 8.99. The van der Waals surface area contributed by atoms with E-state index in [-0.39, 0.29) is 24.0 Å². The van der Waals surface area contributed by atoms with Crippen molar-refractivity contribution in [1.29, 1.82) is 0 Å². The number of hydrogen-bond acceptors (Lipinski definition) is 3. The number of halogens is 1. The van der Waals surface area contributed by atoms with Crippen LogP contribution in [0.1, 0.15) is 25.0 Å². The van der Waals surface area contributed by atoms with E-state index in [1.54, 1.807) is 7.05 Å². The van der Waals surface area contributed by atoms with Gasteiger partial charge in [-0.25, -0.2) is 13.1 Å². The van der Waals surface area contributed by atoms with E-state index in [2.05, 4.69) is 51.5 Å². The lowest BCUT2D eigenvalue weighted by molar-refractivity contribution is 0.446. The fraction of sp³-hybridized carbons (Fsp3) is 0.533. The predicted octanol–water partition coefficient (Wildman–Crippen LogP) is 1.61. The molecule has 6 nitrogen and oxygen atoms in total. The lowest BCUT2D eigenvalue weighted by atomic mass is 10.1. The Bertz CT molecular complexity index is 613. The lowest BCUT2D eigenvalue weighted by Gasteiger charge is -2.26. The molecule has 1 aromatic carbocycles. The number of benzene rings is 1. The Balaban J connectivity index is 0.00000484. The average Bonchev–Trinajstić information content (AvgIpc) is 2.38. The van der Waals surface area contributed by atoms with Crippen molar-refractivity contribution in [3.8, 4) is 0 Å². The monoisotopic (exact) mass is 454 g/mol. The fourth-order valence-electron chi connectivity index (χ4n) is 1.95. The average molecular weight is 454 g/mol. The van der Waals surface area contributed by atoms with E-state index in [0.29, 0.717) is 19.0 Å². The third-order valence-electron chi connectivity index (χ3n) is 2.96. The Hall–Kier alpha value is -0.870. The van der Waals surface area contributed by atoms with Crippen molar-refractivity contribution >= 4 is 40.0 Å². The molecule has 0 atom stereocenters. The van der Waals surface area contributed by atoms with E-state index in [9.17, 15) is 8.42 Å². The third-order valence-corrected chi connectivity index (χ3v) is 3.89. The normalized spacial score (nSPS) is 12.5. The van der Waals surface area contributed by atoms with Gasteiger partial charge < -0.3 is 10.6 Å². The second kappa shape index (κ2) is 9.43. The van der Waals surface area contributed by atoms with Gasteiger partial charge in [-0.2, -0.15) is 0 Å². The zero-order valence-electron chi connectivity index (χ0n) is 14.3. The zero-order valence-corrected chi connectivity index (χ0v) is 17.5. The standard InChI is InChI=1S/C15H26N4O2S.HI/c1-12-6-8-13(9-7-12)10-17-14(16-4)18-11-15(2,3)19-22(5,20)21;/h6-9,19H,10-11H2,1-5H3,(H2,16,17,18);1H. The maximum absolute atomic E-state index is 11.3. The number of nitrogens with one attached hydrogen (secondary N) is 3. The summed E-state index contributed by atoms with van der Waals surface area (Å²) in [6, 6.07) is 8.24. The molecule has 0 heterocycles. The van der Waals surface area contributed by atoms with Gasteiger partial charge in [-0.3, -0.25) is 4.99 Å². The van der Waals surface area contributed by atoms with Gasteiger partial charge in [0.2, 0.25) is 10.0 Å². The SMILES string of the molecule is CN=C(NCc1ccc(C)cc1)NCC(C)(C)NS(C)(=O)=O.I. The lowest BCUT2D eigenvalue weighted by Crippen LogP contribution is -2.52. The van der Waals surface area contributed by atoms with Crippen LogP contribution >= 0.6 is 24.0 Å². The van der Waals surface area contributed by atoms with Crippen molar-refractivity contribution in [2.24, 2.45) is 4.99 Å². The van der Waals surface area contributed by atoms with Crippen molar-refractivity contribution in [3.05, 3.63) is 35.4 Å². The van der Waals surface area contributed by atoms with Gasteiger partial charge in [-0.15, -0.1) is 24.0 Å². The smallest absolute Gasteiger partial charge is 0.209 e. The highest BCUT2D eigenvalue weighted by molar-refractivity contribution is 14.0. The molecule has 0 radical (unpaired) electrons. The number of aliphatic imine (C=N–C) groups is 1. The Kier molecular flexibility index (Phi) is 9.07. The van der Waals surface area contributed by atoms with Crippen LogP contribution in [-0.4, -0.2) is 39.8 Å². The van der Waals surface area contributed by atoms with E-state index in [1.165, 1.54) is 5.56 Å². The molecule has 1 rings (SSSR count). The predicted molar refractivity (Wildman–Crippen MR) is 107 cm³/mol. The van der Waals surface area contributed by atoms with Gasteiger partial charge >= 0.3 is 0 Å². The Morgan fingerprint density at radius 2 is 1.74 bits per heavy atom. The first-order valence-electron chi connectivity index (χ1n) is 7.10. The van der Waals surface area contributed by atoms with Gasteiger partial charge in [0.15, 0.2) is 5.96 Å². The van der Waals surface area contributed by atoms with E-state index in [1.807, 2.05) is 13.8 Å². The van der Waals surface area contributed by atoms with Crippen LogP contribution in [0, 0.1) is 6.92 Å². The summed E-state index contributed by atoms with van der Waals surface area (Å²) in [5.41, 5.74) is 1.77. The zero-order chi connectivity index (χ0) is 16.8. The first-order chi connectivity index (χ1) is 10.1. The topological polar surface area (TPSA) is 82.6 Å². The quantitative estimate of drug-likeness (QED) is 0.347. The van der Waals surface area contributed by atoms with Crippen LogP contribution in [-0.2, 0) is 16.6 Å². The molecule has 0 unspecified atom stereocenters. The Morgan fingerprint density at radius 3 is 2.22 bits per heavy atom. The van der Waals surface area contributed by atoms with Crippen LogP contribution in [0.4, 0.5) is 0 Å². The van der Waals surface area contributed by atoms with Crippen molar-refractivity contribution in [3.63, 3.8) is 0 Å². The molecule has 0 spiro atoms. The molecule has 0 aliphatic rings. The van der Waals surface area contributed by atoms with Crippen LogP contribution in [0.3, 0.4) is 0 Å². The van der Waals surface area contributed by atoms with E-state index in [0.717, 1.165) is 11.8 Å². The number of nitrogens with zero attached hydrogens (tertiary/aromatic N) is 1. The summed E-state index contributed by atoms with van der Waals surface area (Å²) in [6.07, 6.45) is 1.15. The van der Waals surface area contributed by atoms with Crippen LogP contribution < -0.4 is 15.4 Å². The highest BCUT2D eigenvalue weighted by Gasteiger charge is 2.22. The maximum Gasteiger partial charge on any atom is 0.209 e. The van der Waals surface area contributed by atoms with Crippen LogP contribution in [0.5, 0.6) is 0 Å². The van der Waals surface area contributed by atoms with Crippen molar-refractivity contribution < 1.29 is 8.42 Å². The largest absolute Gasteiger partial charge is 0.355 e. The summed E-state index contributed by atoms with van der Waals surface area (Å²) in [6.45, 7) is 6.75. The van der Waals surface area contributed by atoms with Crippen molar-refractivity contribution in [1.82, 2.24) is 15.4 Å². The summed E-state index contributed by atoms with van der Waals surface area (Å²) in [4.78, 5) is 4.14. The molecule has 8 heteroatoms. The van der Waals surface area contributed by atoms with E-state index < -0.39 is 15.6 Å². The summed E-state index contributed by atoms with van der Waals surface area (Å²) < 4.78 is 25.2. The minimum Gasteiger partial charge on any atom is -0.355 e. The molecular weight excluding hydrogens is 427 g/mol. The summed E-state index contributed by atoms with van der Waals surface area (Å²) in [5.74, 6) is 0.629. The summed E-state index contributed by atoms with van der Waals surface area (Å²) >= 11 is 0. The van der Waals surface area contributed by atoms with Crippen LogP contribution in [0.25, 0.3) is 0 Å². The number of rotatable bonds is 6. The van der Waals surface area contributed by atoms with E-state index in [4.69, 9.17) is 0 Å². The second-order valence-corrected chi connectivity index (χ2v) is 7.77. The highest BCUT2D eigenvalue weighted by atomic mass is 127. The number of aryl methyl sites for hydroxylation is 1. The van der Waals surface area contributed by atoms with Gasteiger partial charge in [0.05, 0.1) is 6.26 Å². The molecule has 3 N–H and O–H groups in total. The number of sulfonamides is 1. The molecule has 0 aliphatic carbocycles. The molecule has 132 valence electrons. The van der Waals surface area contributed by atoms with Gasteiger partial charge in [-0.1, -0.05) is 29.8 Å². The number of guanidine groups is 1. The summed E-state index contributed by atoms with van der Waals surface area (Å²) in [7, 11) is -1.56. The fourth-order valence-corrected chi connectivity index (χ4v) is 3.03. The summed E-state index contributed by atoms with van der Waals surface area (Å²) in [5, 5.41) is 6.33. The minimum atomic E-state index is -3.25. The highest BCUT2D eigenvalue weighted by Crippen LogP contribution is 2.03. The molecule has 0 fully saturated rings. The van der Waals surface area contributed by atoms with Crippen LogP contribution in [0.2, 0.25) is 0 Å². The Morgan fingerprint density at radius 1 is 1.17 bits per heavy atom. The van der Waals surface area contributed by atoms with Crippen molar-refractivity contribution in [2.45, 2.75) is 32.9 Å². The van der Waals surface area contributed by atoms with Crippen LogP contribution in [0.15, 0.2) is 29.3 Å². The molecule has 0 saturated carbocycles.